The molecule has 2 aliphatic heterocycles. The van der Waals surface area contributed by atoms with Crippen molar-refractivity contribution in [1.82, 2.24) is 5.32 Å². The van der Waals surface area contributed by atoms with Crippen LogP contribution in [0.5, 0.6) is 0 Å². The molecule has 0 saturated carbocycles. The molecule has 0 aromatic heterocycles. The van der Waals surface area contributed by atoms with E-state index in [-0.39, 0.29) is 5.69 Å². The lowest BCUT2D eigenvalue weighted by Crippen LogP contribution is -2.53. The molecule has 7 nitrogen and oxygen atoms in total. The largest absolute Gasteiger partial charge is 0.467 e. The number of para-hydroxylation sites is 1. The summed E-state index contributed by atoms with van der Waals surface area (Å²) < 4.78 is 20.0. The number of imide groups is 1. The molecule has 184 valence electrons. The number of esters is 1. The minimum Gasteiger partial charge on any atom is -0.467 e. The van der Waals surface area contributed by atoms with Gasteiger partial charge in [0.05, 0.1) is 24.6 Å². The Morgan fingerprint density at radius 1 is 0.944 bits per heavy atom. The quantitative estimate of drug-likeness (QED) is 0.439. The van der Waals surface area contributed by atoms with Crippen molar-refractivity contribution < 1.29 is 23.5 Å². The van der Waals surface area contributed by atoms with Crippen LogP contribution in [0.15, 0.2) is 78.9 Å². The first-order chi connectivity index (χ1) is 17.3. The number of hydrogen-bond acceptors (Lipinski definition) is 6. The molecule has 2 saturated heterocycles. The molecule has 0 unspecified atom stereocenters. The molecule has 4 atom stereocenters. The molecular weight excluding hydrogens is 461 g/mol. The summed E-state index contributed by atoms with van der Waals surface area (Å²) >= 11 is 0. The molecule has 2 aliphatic rings. The van der Waals surface area contributed by atoms with Crippen LogP contribution in [-0.2, 0) is 24.7 Å². The Bertz CT molecular complexity index is 1330. The highest BCUT2D eigenvalue weighted by atomic mass is 19.1. The Hall–Kier alpha value is -4.04. The standard InChI is InChI=1S/C28H26FN3O4/c1-31(2)19-15-13-17(14-16-19)24-22-23(26(34)32(25(22)33)21-12-8-7-11-20(21)29)28(30-24,27(35)36-3)18-9-5-4-6-10-18/h4-16,22-24,30H,1-3H3/t22-,23+,24+,28+/m1/s1. The minimum atomic E-state index is -1.64. The molecule has 0 spiro atoms. The number of benzene rings is 3. The Labute approximate surface area is 208 Å². The molecule has 8 heteroatoms. The minimum absolute atomic E-state index is 0.129. The van der Waals surface area contributed by atoms with Crippen molar-refractivity contribution in [2.24, 2.45) is 11.8 Å². The van der Waals surface area contributed by atoms with Gasteiger partial charge in [-0.3, -0.25) is 14.9 Å². The van der Waals surface area contributed by atoms with Gasteiger partial charge in [-0.05, 0) is 35.4 Å². The zero-order chi connectivity index (χ0) is 25.6. The van der Waals surface area contributed by atoms with Crippen molar-refractivity contribution in [1.29, 1.82) is 0 Å². The van der Waals surface area contributed by atoms with Gasteiger partial charge in [-0.2, -0.15) is 0 Å². The first-order valence-corrected chi connectivity index (χ1v) is 11.6. The Balaban J connectivity index is 1.71. The van der Waals surface area contributed by atoms with Crippen molar-refractivity contribution in [2.75, 3.05) is 31.0 Å². The van der Waals surface area contributed by atoms with Crippen molar-refractivity contribution in [2.45, 2.75) is 11.6 Å². The van der Waals surface area contributed by atoms with Gasteiger partial charge in [-0.25, -0.2) is 14.1 Å². The number of fused-ring (bicyclic) bond motifs is 1. The Morgan fingerprint density at radius 2 is 1.58 bits per heavy atom. The van der Waals surface area contributed by atoms with Gasteiger partial charge in [0.15, 0.2) is 5.54 Å². The summed E-state index contributed by atoms with van der Waals surface area (Å²) in [6, 6.07) is 21.2. The third kappa shape index (κ3) is 3.40. The Kier molecular flexibility index (Phi) is 5.84. The zero-order valence-electron chi connectivity index (χ0n) is 20.1. The summed E-state index contributed by atoms with van der Waals surface area (Å²) in [6.07, 6.45) is 0. The third-order valence-corrected chi connectivity index (χ3v) is 7.16. The lowest BCUT2D eigenvalue weighted by atomic mass is 9.75. The second kappa shape index (κ2) is 8.87. The van der Waals surface area contributed by atoms with E-state index in [1.807, 2.05) is 43.3 Å². The van der Waals surface area contributed by atoms with Crippen LogP contribution in [0.1, 0.15) is 17.2 Å². The number of amides is 2. The highest BCUT2D eigenvalue weighted by Gasteiger charge is 2.69. The SMILES string of the molecule is COC(=O)[C@@]1(c2ccccc2)N[C@@H](c2ccc(N(C)C)cc2)[C@@H]2C(=O)N(c3ccccc3F)C(=O)[C@H]21. The van der Waals surface area contributed by atoms with Crippen LogP contribution in [0.25, 0.3) is 0 Å². The van der Waals surface area contributed by atoms with E-state index < -0.39 is 47.0 Å². The topological polar surface area (TPSA) is 79.0 Å². The van der Waals surface area contributed by atoms with Gasteiger partial charge in [0.1, 0.15) is 5.82 Å². The number of nitrogens with zero attached hydrogens (tertiary/aromatic N) is 2. The number of anilines is 2. The van der Waals surface area contributed by atoms with Gasteiger partial charge in [0.2, 0.25) is 11.8 Å². The van der Waals surface area contributed by atoms with E-state index in [0.717, 1.165) is 16.2 Å². The smallest absolute Gasteiger partial charge is 0.331 e. The molecule has 0 bridgehead atoms. The summed E-state index contributed by atoms with van der Waals surface area (Å²) in [5.41, 5.74) is 0.413. The summed E-state index contributed by atoms with van der Waals surface area (Å²) in [6.45, 7) is 0. The monoisotopic (exact) mass is 487 g/mol. The average molecular weight is 488 g/mol. The van der Waals surface area contributed by atoms with E-state index in [2.05, 4.69) is 5.32 Å². The van der Waals surface area contributed by atoms with Gasteiger partial charge in [-0.15, -0.1) is 0 Å². The van der Waals surface area contributed by atoms with Crippen LogP contribution >= 0.6 is 0 Å². The highest BCUT2D eigenvalue weighted by Crippen LogP contribution is 2.54. The number of rotatable bonds is 5. The molecule has 3 aromatic carbocycles. The number of hydrogen-bond donors (Lipinski definition) is 1. The van der Waals surface area contributed by atoms with Crippen LogP contribution in [-0.4, -0.2) is 39.0 Å². The van der Waals surface area contributed by atoms with E-state index in [1.54, 1.807) is 36.4 Å². The third-order valence-electron chi connectivity index (χ3n) is 7.16. The van der Waals surface area contributed by atoms with E-state index in [4.69, 9.17) is 4.74 Å². The summed E-state index contributed by atoms with van der Waals surface area (Å²) in [5, 5.41) is 3.34. The molecule has 2 amide bonds. The molecule has 0 radical (unpaired) electrons. The predicted molar refractivity (Wildman–Crippen MR) is 133 cm³/mol. The molecule has 36 heavy (non-hydrogen) atoms. The maximum absolute atomic E-state index is 14.8. The van der Waals surface area contributed by atoms with E-state index in [0.29, 0.717) is 5.56 Å². The second-order valence-corrected chi connectivity index (χ2v) is 9.24. The normalized spacial score (nSPS) is 25.1. The maximum Gasteiger partial charge on any atom is 0.331 e. The van der Waals surface area contributed by atoms with Crippen molar-refractivity contribution in [3.8, 4) is 0 Å². The van der Waals surface area contributed by atoms with Crippen LogP contribution in [0.4, 0.5) is 15.8 Å². The van der Waals surface area contributed by atoms with Gasteiger partial charge in [0, 0.05) is 25.8 Å². The van der Waals surface area contributed by atoms with E-state index in [9.17, 15) is 18.8 Å². The zero-order valence-corrected chi connectivity index (χ0v) is 20.1. The fourth-order valence-corrected chi connectivity index (χ4v) is 5.48. The molecular formula is C28H26FN3O4. The Morgan fingerprint density at radius 3 is 2.19 bits per heavy atom. The van der Waals surface area contributed by atoms with E-state index >= 15 is 0 Å². The number of halogens is 1. The van der Waals surface area contributed by atoms with Crippen LogP contribution in [0.3, 0.4) is 0 Å². The van der Waals surface area contributed by atoms with Crippen LogP contribution in [0, 0.1) is 17.7 Å². The van der Waals surface area contributed by atoms with Crippen molar-refractivity contribution >= 4 is 29.2 Å². The number of nitrogens with one attached hydrogen (secondary N) is 1. The predicted octanol–water partition coefficient (Wildman–Crippen LogP) is 3.41. The maximum atomic E-state index is 14.8. The average Bonchev–Trinajstić information content (AvgIpc) is 3.39. The molecule has 2 heterocycles. The second-order valence-electron chi connectivity index (χ2n) is 9.24. The van der Waals surface area contributed by atoms with Gasteiger partial charge >= 0.3 is 5.97 Å². The lowest BCUT2D eigenvalue weighted by molar-refractivity contribution is -0.152. The van der Waals surface area contributed by atoms with E-state index in [1.165, 1.54) is 25.3 Å². The number of carbonyl (C=O) groups is 3. The molecule has 1 N–H and O–H groups in total. The van der Waals surface area contributed by atoms with Crippen LogP contribution < -0.4 is 15.1 Å². The summed E-state index contributed by atoms with van der Waals surface area (Å²) in [7, 11) is 5.09. The number of methoxy groups -OCH3 is 1. The van der Waals surface area contributed by atoms with Crippen LogP contribution in [0.2, 0.25) is 0 Å². The van der Waals surface area contributed by atoms with Gasteiger partial charge in [-0.1, -0.05) is 54.6 Å². The highest BCUT2D eigenvalue weighted by molar-refractivity contribution is 6.24. The molecule has 0 aliphatic carbocycles. The lowest BCUT2D eigenvalue weighted by Gasteiger charge is -2.33. The first kappa shape index (κ1) is 23.7. The summed E-state index contributed by atoms with van der Waals surface area (Å²) in [5.74, 6) is -4.69. The number of ether oxygens (including phenoxy) is 1. The fraction of sp³-hybridized carbons (Fsp3) is 0.250. The van der Waals surface area contributed by atoms with Gasteiger partial charge < -0.3 is 9.64 Å². The molecule has 2 fully saturated rings. The molecule has 3 aromatic rings. The first-order valence-electron chi connectivity index (χ1n) is 11.6. The van der Waals surface area contributed by atoms with Crippen molar-refractivity contribution in [3.63, 3.8) is 0 Å². The summed E-state index contributed by atoms with van der Waals surface area (Å²) in [4.78, 5) is 44.2. The number of carbonyl (C=O) groups excluding carboxylic acids is 3. The van der Waals surface area contributed by atoms with Gasteiger partial charge in [0.25, 0.3) is 0 Å². The van der Waals surface area contributed by atoms with Crippen molar-refractivity contribution in [3.05, 3.63) is 95.8 Å². The molecule has 5 rings (SSSR count). The fourth-order valence-electron chi connectivity index (χ4n) is 5.48.